The number of halogens is 1. The maximum Gasteiger partial charge on any atom is 0.341 e. The van der Waals surface area contributed by atoms with Gasteiger partial charge in [0, 0.05) is 12.2 Å². The summed E-state index contributed by atoms with van der Waals surface area (Å²) in [6.45, 7) is 8.72. The molecule has 1 rings (SSSR count). The molecule has 1 aromatic rings. The van der Waals surface area contributed by atoms with Crippen molar-refractivity contribution in [3.63, 3.8) is 0 Å². The van der Waals surface area contributed by atoms with Crippen LogP contribution in [0.3, 0.4) is 0 Å². The highest BCUT2D eigenvalue weighted by Crippen LogP contribution is 2.19. The molecule has 0 fully saturated rings. The maximum atomic E-state index is 14.5. The van der Waals surface area contributed by atoms with E-state index in [1.165, 1.54) is 12.1 Å². The number of benzene rings is 1. The van der Waals surface area contributed by atoms with E-state index in [-0.39, 0.29) is 30.1 Å². The van der Waals surface area contributed by atoms with Crippen molar-refractivity contribution in [2.75, 3.05) is 11.9 Å². The molecule has 0 aliphatic heterocycles. The summed E-state index contributed by atoms with van der Waals surface area (Å²) < 4.78 is 19.6. The fourth-order valence-electron chi connectivity index (χ4n) is 2.68. The van der Waals surface area contributed by atoms with Gasteiger partial charge in [-0.15, -0.1) is 0 Å². The van der Waals surface area contributed by atoms with Gasteiger partial charge in [0.1, 0.15) is 17.5 Å². The lowest BCUT2D eigenvalue weighted by atomic mass is 10.0. The molecule has 0 radical (unpaired) electrons. The van der Waals surface area contributed by atoms with Crippen molar-refractivity contribution in [3.8, 4) is 0 Å². The number of ether oxygens (including phenoxy) is 1. The lowest BCUT2D eigenvalue weighted by Gasteiger charge is -2.22. The van der Waals surface area contributed by atoms with Crippen LogP contribution in [0.4, 0.5) is 14.9 Å². The molecule has 0 aliphatic carbocycles. The zero-order valence-electron chi connectivity index (χ0n) is 19.7. The summed E-state index contributed by atoms with van der Waals surface area (Å²) in [6, 6.07) is 1.03. The first kappa shape index (κ1) is 27.8. The second-order valence-electron chi connectivity index (χ2n) is 8.95. The summed E-state index contributed by atoms with van der Waals surface area (Å²) in [5, 5.41) is 7.51. The monoisotopic (exact) mass is 467 g/mol. The van der Waals surface area contributed by atoms with Crippen LogP contribution >= 0.6 is 0 Å². The topological polar surface area (TPSA) is 166 Å². The molecule has 0 heterocycles. The number of carbonyl (C=O) groups is 4. The van der Waals surface area contributed by atoms with Gasteiger partial charge in [0.2, 0.25) is 11.8 Å². The molecule has 2 atom stereocenters. The van der Waals surface area contributed by atoms with Crippen molar-refractivity contribution < 1.29 is 28.3 Å². The molecule has 33 heavy (non-hydrogen) atoms. The second kappa shape index (κ2) is 12.1. The summed E-state index contributed by atoms with van der Waals surface area (Å²) in [7, 11) is 0. The number of esters is 1. The molecule has 10 nitrogen and oxygen atoms in total. The zero-order valence-corrected chi connectivity index (χ0v) is 19.7. The molecule has 0 saturated carbocycles. The number of anilines is 1. The molecule has 4 amide bonds. The highest BCUT2D eigenvalue weighted by molar-refractivity contribution is 5.98. The van der Waals surface area contributed by atoms with E-state index in [4.69, 9.17) is 16.2 Å². The molecule has 0 spiro atoms. The van der Waals surface area contributed by atoms with Crippen LogP contribution in [-0.4, -0.2) is 48.0 Å². The first-order valence-corrected chi connectivity index (χ1v) is 10.6. The predicted molar refractivity (Wildman–Crippen MR) is 122 cm³/mol. The van der Waals surface area contributed by atoms with Crippen molar-refractivity contribution in [2.45, 2.75) is 65.1 Å². The van der Waals surface area contributed by atoms with Crippen LogP contribution in [0.15, 0.2) is 18.2 Å². The van der Waals surface area contributed by atoms with Gasteiger partial charge in [-0.05, 0) is 57.7 Å². The number of urea groups is 1. The van der Waals surface area contributed by atoms with Crippen LogP contribution in [0.1, 0.15) is 57.8 Å². The Bertz CT molecular complexity index is 869. The first-order valence-electron chi connectivity index (χ1n) is 10.6. The number of carbonyl (C=O) groups excluding carboxylic acids is 4. The van der Waals surface area contributed by atoms with Gasteiger partial charge in [0.25, 0.3) is 0 Å². The molecule has 0 bridgehead atoms. The zero-order chi connectivity index (χ0) is 25.3. The van der Waals surface area contributed by atoms with E-state index in [2.05, 4.69) is 16.0 Å². The summed E-state index contributed by atoms with van der Waals surface area (Å²) >= 11 is 0. The number of primary amides is 1. The van der Waals surface area contributed by atoms with E-state index in [1.54, 1.807) is 34.6 Å². The van der Waals surface area contributed by atoms with Gasteiger partial charge >= 0.3 is 12.0 Å². The second-order valence-corrected chi connectivity index (χ2v) is 8.95. The van der Waals surface area contributed by atoms with Crippen LogP contribution < -0.4 is 27.4 Å². The normalized spacial score (nSPS) is 13.1. The van der Waals surface area contributed by atoms with Crippen molar-refractivity contribution in [1.82, 2.24) is 10.6 Å². The maximum absolute atomic E-state index is 14.5. The summed E-state index contributed by atoms with van der Waals surface area (Å²) in [6.07, 6.45) is 0.505. The van der Waals surface area contributed by atoms with E-state index in [0.29, 0.717) is 6.42 Å². The molecule has 0 aliphatic rings. The van der Waals surface area contributed by atoms with E-state index in [1.807, 2.05) is 0 Å². The lowest BCUT2D eigenvalue weighted by molar-refractivity contribution is -0.128. The minimum absolute atomic E-state index is 0.0903. The van der Waals surface area contributed by atoms with Crippen LogP contribution in [0.2, 0.25) is 0 Å². The van der Waals surface area contributed by atoms with Gasteiger partial charge in [-0.2, -0.15) is 0 Å². The average Bonchev–Trinajstić information content (AvgIpc) is 2.67. The number of nitrogens with two attached hydrogens (primary N) is 2. The third-order valence-corrected chi connectivity index (χ3v) is 4.48. The molecular weight excluding hydrogens is 433 g/mol. The molecule has 11 heteroatoms. The van der Waals surface area contributed by atoms with Gasteiger partial charge in [0.15, 0.2) is 0 Å². The van der Waals surface area contributed by atoms with Crippen LogP contribution in [-0.2, 0) is 14.3 Å². The van der Waals surface area contributed by atoms with Gasteiger partial charge in [-0.25, -0.2) is 14.0 Å². The van der Waals surface area contributed by atoms with E-state index < -0.39 is 47.3 Å². The third-order valence-electron chi connectivity index (χ3n) is 4.48. The standard InChI is InChI=1S/C22H34FN5O5/c1-12(2)17(24)19(30)28-16(7-6-10-26-21(25)32)18(29)27-13-8-9-14(15(23)11-13)20(31)33-22(3,4)5/h8-9,11-12,16-17H,6-7,10,24H2,1-5H3,(H,27,29)(H,28,30)(H3,25,26,32)/t16-,17-/m0/s1. The number of nitrogens with one attached hydrogen (secondary N) is 3. The van der Waals surface area contributed by atoms with Crippen molar-refractivity contribution in [3.05, 3.63) is 29.6 Å². The van der Waals surface area contributed by atoms with Crippen molar-refractivity contribution >= 4 is 29.5 Å². The minimum Gasteiger partial charge on any atom is -0.456 e. The van der Waals surface area contributed by atoms with Gasteiger partial charge < -0.3 is 32.2 Å². The number of hydrogen-bond donors (Lipinski definition) is 5. The van der Waals surface area contributed by atoms with Gasteiger partial charge in [-0.1, -0.05) is 13.8 Å². The SMILES string of the molecule is CC(C)[C@H](N)C(=O)N[C@@H](CCCNC(N)=O)C(=O)Nc1ccc(C(=O)OC(C)(C)C)c(F)c1. The Balaban J connectivity index is 2.93. The molecule has 0 saturated heterocycles. The largest absolute Gasteiger partial charge is 0.456 e. The molecule has 184 valence electrons. The molecule has 0 aromatic heterocycles. The minimum atomic E-state index is -0.995. The fourth-order valence-corrected chi connectivity index (χ4v) is 2.68. The third kappa shape index (κ3) is 9.85. The Morgan fingerprint density at radius 1 is 1.12 bits per heavy atom. The number of amides is 4. The molecule has 1 aromatic carbocycles. The van der Waals surface area contributed by atoms with E-state index in [9.17, 15) is 23.6 Å². The van der Waals surface area contributed by atoms with Gasteiger partial charge in [0.05, 0.1) is 11.6 Å². The molecule has 7 N–H and O–H groups in total. The number of hydrogen-bond acceptors (Lipinski definition) is 6. The molecule has 0 unspecified atom stereocenters. The Kier molecular flexibility index (Phi) is 10.2. The highest BCUT2D eigenvalue weighted by Gasteiger charge is 2.26. The van der Waals surface area contributed by atoms with Crippen molar-refractivity contribution in [1.29, 1.82) is 0 Å². The van der Waals surface area contributed by atoms with Crippen LogP contribution in [0, 0.1) is 11.7 Å². The molecular formula is C22H34FN5O5. The summed E-state index contributed by atoms with van der Waals surface area (Å²) in [5.74, 6) is -2.97. The summed E-state index contributed by atoms with van der Waals surface area (Å²) in [5.41, 5.74) is 9.91. The first-order chi connectivity index (χ1) is 15.2. The van der Waals surface area contributed by atoms with Crippen molar-refractivity contribution in [2.24, 2.45) is 17.4 Å². The van der Waals surface area contributed by atoms with Crippen LogP contribution in [0.25, 0.3) is 0 Å². The van der Waals surface area contributed by atoms with E-state index in [0.717, 1.165) is 6.07 Å². The Morgan fingerprint density at radius 3 is 2.27 bits per heavy atom. The van der Waals surface area contributed by atoms with Gasteiger partial charge in [-0.3, -0.25) is 9.59 Å². The average molecular weight is 468 g/mol. The van der Waals surface area contributed by atoms with E-state index >= 15 is 0 Å². The Labute approximate surface area is 193 Å². The highest BCUT2D eigenvalue weighted by atomic mass is 19.1. The smallest absolute Gasteiger partial charge is 0.341 e. The fraction of sp³-hybridized carbons (Fsp3) is 0.545. The Hall–Kier alpha value is -3.21. The summed E-state index contributed by atoms with van der Waals surface area (Å²) in [4.78, 5) is 48.1. The lowest BCUT2D eigenvalue weighted by Crippen LogP contribution is -2.51. The Morgan fingerprint density at radius 2 is 1.76 bits per heavy atom. The van der Waals surface area contributed by atoms with Crippen LogP contribution in [0.5, 0.6) is 0 Å². The quantitative estimate of drug-likeness (QED) is 0.259. The number of rotatable bonds is 10. The predicted octanol–water partition coefficient (Wildman–Crippen LogP) is 1.64.